The molecule has 0 spiro atoms. The van der Waals surface area contributed by atoms with E-state index in [4.69, 9.17) is 15.6 Å². The van der Waals surface area contributed by atoms with Gasteiger partial charge in [0.1, 0.15) is 0 Å². The van der Waals surface area contributed by atoms with Crippen molar-refractivity contribution in [3.8, 4) is 0 Å². The SMILES string of the molecule is NC(CNCCC1CCOCC1)CC(=O)O. The third-order valence-electron chi connectivity index (χ3n) is 2.91. The predicted molar refractivity (Wildman–Crippen MR) is 61.3 cm³/mol. The first kappa shape index (κ1) is 13.4. The van der Waals surface area contributed by atoms with E-state index < -0.39 is 5.97 Å². The molecule has 0 aromatic carbocycles. The van der Waals surface area contributed by atoms with Crippen molar-refractivity contribution >= 4 is 5.97 Å². The lowest BCUT2D eigenvalue weighted by molar-refractivity contribution is -0.137. The van der Waals surface area contributed by atoms with Crippen molar-refractivity contribution in [2.24, 2.45) is 11.7 Å². The van der Waals surface area contributed by atoms with Crippen molar-refractivity contribution in [3.63, 3.8) is 0 Å². The lowest BCUT2D eigenvalue weighted by Crippen LogP contribution is -2.36. The summed E-state index contributed by atoms with van der Waals surface area (Å²) in [6.45, 7) is 3.25. The highest BCUT2D eigenvalue weighted by Crippen LogP contribution is 2.17. The number of carboxylic acid groups (broad SMARTS) is 1. The summed E-state index contributed by atoms with van der Waals surface area (Å²) in [5.74, 6) is -0.0873. The molecule has 1 aliphatic rings. The van der Waals surface area contributed by atoms with Crippen LogP contribution in [0.25, 0.3) is 0 Å². The van der Waals surface area contributed by atoms with Crippen LogP contribution >= 0.6 is 0 Å². The summed E-state index contributed by atoms with van der Waals surface area (Å²) in [5, 5.41) is 11.7. The minimum atomic E-state index is -0.835. The van der Waals surface area contributed by atoms with Crippen molar-refractivity contribution < 1.29 is 14.6 Å². The molecule has 1 unspecified atom stereocenters. The normalized spacial score (nSPS) is 19.6. The predicted octanol–water partition coefficient (Wildman–Crippen LogP) is 0.195. The second-order valence-corrected chi connectivity index (χ2v) is 4.41. The maximum Gasteiger partial charge on any atom is 0.304 e. The van der Waals surface area contributed by atoms with Gasteiger partial charge in [-0.25, -0.2) is 0 Å². The number of hydrogen-bond donors (Lipinski definition) is 3. The van der Waals surface area contributed by atoms with E-state index in [-0.39, 0.29) is 12.5 Å². The first-order chi connectivity index (χ1) is 7.68. The van der Waals surface area contributed by atoms with Crippen LogP contribution in [0.3, 0.4) is 0 Å². The molecule has 1 fully saturated rings. The van der Waals surface area contributed by atoms with Crippen molar-refractivity contribution in [1.29, 1.82) is 0 Å². The quantitative estimate of drug-likeness (QED) is 0.544. The fourth-order valence-electron chi connectivity index (χ4n) is 1.93. The number of nitrogens with two attached hydrogens (primary N) is 1. The summed E-state index contributed by atoms with van der Waals surface area (Å²) in [7, 11) is 0. The monoisotopic (exact) mass is 230 g/mol. The molecule has 4 N–H and O–H groups in total. The van der Waals surface area contributed by atoms with E-state index in [1.165, 1.54) is 0 Å². The van der Waals surface area contributed by atoms with E-state index in [0.29, 0.717) is 6.54 Å². The molecule has 5 heteroatoms. The Morgan fingerprint density at radius 2 is 2.19 bits per heavy atom. The number of hydrogen-bond acceptors (Lipinski definition) is 4. The summed E-state index contributed by atoms with van der Waals surface area (Å²) in [4.78, 5) is 10.4. The zero-order valence-corrected chi connectivity index (χ0v) is 9.65. The molecule has 0 aliphatic carbocycles. The molecule has 0 amide bonds. The fourth-order valence-corrected chi connectivity index (χ4v) is 1.93. The summed E-state index contributed by atoms with van der Waals surface area (Å²) >= 11 is 0. The van der Waals surface area contributed by atoms with Crippen LogP contribution in [0.2, 0.25) is 0 Å². The van der Waals surface area contributed by atoms with Gasteiger partial charge in [-0.2, -0.15) is 0 Å². The second kappa shape index (κ2) is 7.60. The Labute approximate surface area is 96.3 Å². The van der Waals surface area contributed by atoms with Gasteiger partial charge in [-0.15, -0.1) is 0 Å². The van der Waals surface area contributed by atoms with Crippen LogP contribution in [-0.2, 0) is 9.53 Å². The molecule has 0 saturated carbocycles. The zero-order chi connectivity index (χ0) is 11.8. The second-order valence-electron chi connectivity index (χ2n) is 4.41. The number of ether oxygens (including phenoxy) is 1. The molecule has 94 valence electrons. The van der Waals surface area contributed by atoms with Crippen molar-refractivity contribution in [1.82, 2.24) is 5.32 Å². The third kappa shape index (κ3) is 6.05. The molecule has 1 aliphatic heterocycles. The first-order valence-electron chi connectivity index (χ1n) is 5.94. The molecule has 1 saturated heterocycles. The largest absolute Gasteiger partial charge is 0.481 e. The van der Waals surface area contributed by atoms with E-state index in [2.05, 4.69) is 5.32 Å². The lowest BCUT2D eigenvalue weighted by atomic mass is 9.97. The summed E-state index contributed by atoms with van der Waals surface area (Å²) in [5.41, 5.74) is 5.63. The number of aliphatic carboxylic acids is 1. The Hall–Kier alpha value is -0.650. The van der Waals surface area contributed by atoms with Gasteiger partial charge < -0.3 is 20.9 Å². The molecule has 0 aromatic rings. The van der Waals surface area contributed by atoms with E-state index in [1.807, 2.05) is 0 Å². The summed E-state index contributed by atoms with van der Waals surface area (Å²) < 4.78 is 5.28. The average molecular weight is 230 g/mol. The van der Waals surface area contributed by atoms with Gasteiger partial charge in [0.25, 0.3) is 0 Å². The highest BCUT2D eigenvalue weighted by Gasteiger charge is 2.13. The molecule has 1 rings (SSSR count). The van der Waals surface area contributed by atoms with Gasteiger partial charge in [-0.3, -0.25) is 4.79 Å². The summed E-state index contributed by atoms with van der Waals surface area (Å²) in [6, 6.07) is -0.285. The molecule has 1 heterocycles. The van der Waals surface area contributed by atoms with Crippen molar-refractivity contribution in [3.05, 3.63) is 0 Å². The number of rotatable bonds is 7. The standard InChI is InChI=1S/C11H22N2O3/c12-10(7-11(14)15)8-13-4-1-9-2-5-16-6-3-9/h9-10,13H,1-8,12H2,(H,14,15). The highest BCUT2D eigenvalue weighted by atomic mass is 16.5. The Morgan fingerprint density at radius 1 is 1.50 bits per heavy atom. The first-order valence-corrected chi connectivity index (χ1v) is 5.94. The third-order valence-corrected chi connectivity index (χ3v) is 2.91. The maximum absolute atomic E-state index is 10.4. The van der Waals surface area contributed by atoms with Crippen molar-refractivity contribution in [2.45, 2.75) is 31.7 Å². The number of carbonyl (C=O) groups is 1. The zero-order valence-electron chi connectivity index (χ0n) is 9.65. The van der Waals surface area contributed by atoms with Crippen LogP contribution in [0, 0.1) is 5.92 Å². The van der Waals surface area contributed by atoms with Gasteiger partial charge in [-0.1, -0.05) is 0 Å². The summed E-state index contributed by atoms with van der Waals surface area (Å²) in [6.07, 6.45) is 3.44. The van der Waals surface area contributed by atoms with Gasteiger partial charge in [0, 0.05) is 25.8 Å². The Kier molecular flexibility index (Phi) is 6.37. The fraction of sp³-hybridized carbons (Fsp3) is 0.909. The van der Waals surface area contributed by atoms with Crippen LogP contribution in [0.5, 0.6) is 0 Å². The lowest BCUT2D eigenvalue weighted by Gasteiger charge is -2.22. The van der Waals surface area contributed by atoms with Crippen LogP contribution < -0.4 is 11.1 Å². The molecule has 1 atom stereocenters. The highest BCUT2D eigenvalue weighted by molar-refractivity contribution is 5.67. The van der Waals surface area contributed by atoms with Gasteiger partial charge in [0.05, 0.1) is 6.42 Å². The molecule has 5 nitrogen and oxygen atoms in total. The Balaban J connectivity index is 1.96. The molecule has 16 heavy (non-hydrogen) atoms. The molecule has 0 radical (unpaired) electrons. The average Bonchev–Trinajstić information content (AvgIpc) is 2.25. The van der Waals surface area contributed by atoms with Crippen LogP contribution in [0.1, 0.15) is 25.7 Å². The van der Waals surface area contributed by atoms with E-state index in [9.17, 15) is 4.79 Å². The molecule has 0 bridgehead atoms. The van der Waals surface area contributed by atoms with Crippen molar-refractivity contribution in [2.75, 3.05) is 26.3 Å². The van der Waals surface area contributed by atoms with Crippen LogP contribution in [0.15, 0.2) is 0 Å². The Bertz CT molecular complexity index is 205. The van der Waals surface area contributed by atoms with E-state index >= 15 is 0 Å². The van der Waals surface area contributed by atoms with E-state index in [1.54, 1.807) is 0 Å². The molecule has 0 aromatic heterocycles. The van der Waals surface area contributed by atoms with Gasteiger partial charge in [-0.05, 0) is 31.7 Å². The molecular weight excluding hydrogens is 208 g/mol. The topological polar surface area (TPSA) is 84.6 Å². The van der Waals surface area contributed by atoms with Crippen LogP contribution in [0.4, 0.5) is 0 Å². The number of carboxylic acids is 1. The number of nitrogens with one attached hydrogen (secondary N) is 1. The van der Waals surface area contributed by atoms with Gasteiger partial charge >= 0.3 is 5.97 Å². The maximum atomic E-state index is 10.4. The minimum Gasteiger partial charge on any atom is -0.481 e. The van der Waals surface area contributed by atoms with E-state index in [0.717, 1.165) is 44.9 Å². The minimum absolute atomic E-state index is 0.0320. The van der Waals surface area contributed by atoms with Crippen LogP contribution in [-0.4, -0.2) is 43.4 Å². The Morgan fingerprint density at radius 3 is 2.81 bits per heavy atom. The van der Waals surface area contributed by atoms with Gasteiger partial charge in [0.2, 0.25) is 0 Å². The smallest absolute Gasteiger partial charge is 0.304 e. The van der Waals surface area contributed by atoms with Gasteiger partial charge in [0.15, 0.2) is 0 Å². The molecular formula is C11H22N2O3.